The van der Waals surface area contributed by atoms with Crippen LogP contribution in [-0.4, -0.2) is 30.1 Å². The van der Waals surface area contributed by atoms with Crippen LogP contribution in [0.15, 0.2) is 30.6 Å². The third-order valence-corrected chi connectivity index (χ3v) is 3.94. The van der Waals surface area contributed by atoms with Crippen LogP contribution in [0.2, 0.25) is 0 Å². The van der Waals surface area contributed by atoms with Gasteiger partial charge in [0.2, 0.25) is 0 Å². The van der Waals surface area contributed by atoms with E-state index >= 15 is 0 Å². The number of nitrogen functional groups attached to an aromatic ring is 1. The van der Waals surface area contributed by atoms with Crippen LogP contribution in [0.3, 0.4) is 0 Å². The van der Waals surface area contributed by atoms with E-state index < -0.39 is 0 Å². The molecule has 0 aliphatic rings. The van der Waals surface area contributed by atoms with E-state index in [1.807, 2.05) is 7.05 Å². The first kappa shape index (κ1) is 17.1. The predicted octanol–water partition coefficient (Wildman–Crippen LogP) is 3.76. The molecule has 0 amide bonds. The Bertz CT molecular complexity index is 641. The summed E-state index contributed by atoms with van der Waals surface area (Å²) in [4.78, 5) is 13.1. The molecule has 1 heterocycles. The van der Waals surface area contributed by atoms with Crippen molar-refractivity contribution in [3.8, 4) is 0 Å². The Balaban J connectivity index is 2.38. The maximum absolute atomic E-state index is 6.40. The number of aryl methyl sites for hydroxylation is 1. The zero-order valence-corrected chi connectivity index (χ0v) is 14.6. The first-order valence-electron chi connectivity index (χ1n) is 8.24. The molecule has 0 unspecified atom stereocenters. The number of anilines is 4. The molecule has 1 aromatic carbocycles. The highest BCUT2D eigenvalue weighted by molar-refractivity contribution is 5.79. The molecule has 0 saturated heterocycles. The van der Waals surface area contributed by atoms with Gasteiger partial charge in [-0.2, -0.15) is 0 Å². The molecule has 0 fully saturated rings. The highest BCUT2D eigenvalue weighted by Gasteiger charge is 2.17. The van der Waals surface area contributed by atoms with Gasteiger partial charge in [-0.1, -0.05) is 25.5 Å². The summed E-state index contributed by atoms with van der Waals surface area (Å²) < 4.78 is 0. The number of unbranched alkanes of at least 4 members (excludes halogenated alkanes) is 1. The lowest BCUT2D eigenvalue weighted by molar-refractivity contribution is 0.758. The van der Waals surface area contributed by atoms with E-state index in [1.54, 1.807) is 6.33 Å². The van der Waals surface area contributed by atoms with Crippen molar-refractivity contribution in [1.29, 1.82) is 0 Å². The van der Waals surface area contributed by atoms with E-state index in [2.05, 4.69) is 64.8 Å². The molecule has 0 bridgehead atoms. The van der Waals surface area contributed by atoms with Gasteiger partial charge in [-0.25, -0.2) is 9.97 Å². The Labute approximate surface area is 139 Å². The average Bonchev–Trinajstić information content (AvgIpc) is 2.55. The number of benzene rings is 1. The Hall–Kier alpha value is -2.30. The molecule has 0 aliphatic carbocycles. The van der Waals surface area contributed by atoms with E-state index in [-0.39, 0.29) is 0 Å². The summed E-state index contributed by atoms with van der Waals surface area (Å²) in [5, 5.41) is 0. The van der Waals surface area contributed by atoms with Crippen LogP contribution in [-0.2, 0) is 0 Å². The van der Waals surface area contributed by atoms with Crippen molar-refractivity contribution < 1.29 is 0 Å². The Morgan fingerprint density at radius 3 is 2.52 bits per heavy atom. The summed E-state index contributed by atoms with van der Waals surface area (Å²) in [7, 11) is 2.03. The summed E-state index contributed by atoms with van der Waals surface area (Å²) in [5.41, 5.74) is 9.35. The molecule has 124 valence electrons. The smallest absolute Gasteiger partial charge is 0.161 e. The van der Waals surface area contributed by atoms with Crippen LogP contribution in [0.5, 0.6) is 0 Å². The molecule has 5 nitrogen and oxygen atoms in total. The molecule has 0 aliphatic heterocycles. The minimum absolute atomic E-state index is 0.634. The summed E-state index contributed by atoms with van der Waals surface area (Å²) in [6, 6.07) is 8.37. The van der Waals surface area contributed by atoms with Crippen molar-refractivity contribution >= 4 is 23.0 Å². The first-order valence-corrected chi connectivity index (χ1v) is 8.24. The van der Waals surface area contributed by atoms with Crippen LogP contribution in [0.1, 0.15) is 32.3 Å². The van der Waals surface area contributed by atoms with Gasteiger partial charge in [0.15, 0.2) is 11.6 Å². The molecule has 1 aromatic heterocycles. The van der Waals surface area contributed by atoms with Crippen molar-refractivity contribution in [2.75, 3.05) is 35.7 Å². The quantitative estimate of drug-likeness (QED) is 0.843. The number of hydrogen-bond donors (Lipinski definition) is 1. The van der Waals surface area contributed by atoms with Gasteiger partial charge >= 0.3 is 0 Å². The largest absolute Gasteiger partial charge is 0.393 e. The van der Waals surface area contributed by atoms with Crippen LogP contribution < -0.4 is 15.5 Å². The molecular weight excluding hydrogens is 286 g/mol. The highest BCUT2D eigenvalue weighted by atomic mass is 15.2. The monoisotopic (exact) mass is 313 g/mol. The van der Waals surface area contributed by atoms with Crippen LogP contribution >= 0.6 is 0 Å². The minimum atomic E-state index is 0.634. The lowest BCUT2D eigenvalue weighted by atomic mass is 10.2. The Morgan fingerprint density at radius 1 is 1.13 bits per heavy atom. The van der Waals surface area contributed by atoms with E-state index in [0.29, 0.717) is 5.69 Å². The molecule has 0 spiro atoms. The zero-order valence-electron chi connectivity index (χ0n) is 14.6. The zero-order chi connectivity index (χ0) is 16.8. The number of nitrogens with two attached hydrogens (primary N) is 1. The van der Waals surface area contributed by atoms with Crippen molar-refractivity contribution in [2.45, 2.75) is 33.6 Å². The number of nitrogens with zero attached hydrogens (tertiary/aromatic N) is 4. The van der Waals surface area contributed by atoms with Crippen molar-refractivity contribution in [3.05, 3.63) is 36.2 Å². The second-order valence-electron chi connectivity index (χ2n) is 5.79. The fourth-order valence-corrected chi connectivity index (χ4v) is 2.65. The van der Waals surface area contributed by atoms with Crippen molar-refractivity contribution in [1.82, 2.24) is 9.97 Å². The maximum Gasteiger partial charge on any atom is 0.161 e. The van der Waals surface area contributed by atoms with Gasteiger partial charge in [0, 0.05) is 25.8 Å². The topological polar surface area (TPSA) is 58.3 Å². The van der Waals surface area contributed by atoms with Gasteiger partial charge in [0.25, 0.3) is 0 Å². The van der Waals surface area contributed by atoms with Gasteiger partial charge in [-0.3, -0.25) is 0 Å². The molecule has 0 saturated carbocycles. The number of aromatic nitrogens is 2. The molecule has 0 atom stereocenters. The number of hydrogen-bond acceptors (Lipinski definition) is 5. The second-order valence-corrected chi connectivity index (χ2v) is 5.79. The molecule has 2 aromatic rings. The summed E-state index contributed by atoms with van der Waals surface area (Å²) in [5.74, 6) is 1.57. The van der Waals surface area contributed by atoms with Crippen molar-refractivity contribution in [2.24, 2.45) is 0 Å². The summed E-state index contributed by atoms with van der Waals surface area (Å²) >= 11 is 0. The van der Waals surface area contributed by atoms with Gasteiger partial charge in [0.05, 0.1) is 0 Å². The molecular formula is C18H27N5. The summed E-state index contributed by atoms with van der Waals surface area (Å²) in [6.07, 6.45) is 3.86. The minimum Gasteiger partial charge on any atom is -0.393 e. The Kier molecular flexibility index (Phi) is 5.79. The normalized spacial score (nSPS) is 10.6. The molecule has 23 heavy (non-hydrogen) atoms. The lowest BCUT2D eigenvalue weighted by Crippen LogP contribution is -2.24. The SMILES string of the molecule is CCCCN(C)c1ncnc(N(CC)c2cccc(C)c2)c1N. The van der Waals surface area contributed by atoms with E-state index in [0.717, 1.165) is 43.3 Å². The highest BCUT2D eigenvalue weighted by Crippen LogP contribution is 2.33. The van der Waals surface area contributed by atoms with Crippen LogP contribution in [0, 0.1) is 6.92 Å². The van der Waals surface area contributed by atoms with Gasteiger partial charge in [-0.05, 0) is 38.0 Å². The van der Waals surface area contributed by atoms with E-state index in [9.17, 15) is 0 Å². The van der Waals surface area contributed by atoms with Crippen LogP contribution in [0.4, 0.5) is 23.0 Å². The fourth-order valence-electron chi connectivity index (χ4n) is 2.65. The van der Waals surface area contributed by atoms with E-state index in [4.69, 9.17) is 5.73 Å². The van der Waals surface area contributed by atoms with Gasteiger partial charge in [-0.15, -0.1) is 0 Å². The summed E-state index contributed by atoms with van der Waals surface area (Å²) in [6.45, 7) is 8.10. The molecule has 5 heteroatoms. The Morgan fingerprint density at radius 2 is 1.87 bits per heavy atom. The predicted molar refractivity (Wildman–Crippen MR) is 98.5 cm³/mol. The molecule has 2 rings (SSSR count). The standard InChI is InChI=1S/C18H27N5/c1-5-7-11-22(4)17-16(19)18(21-13-20-17)23(6-2)15-10-8-9-14(3)12-15/h8-10,12-13H,5-7,11,19H2,1-4H3. The lowest BCUT2D eigenvalue weighted by Gasteiger charge is -2.26. The van der Waals surface area contributed by atoms with Gasteiger partial charge < -0.3 is 15.5 Å². The molecule has 2 N–H and O–H groups in total. The van der Waals surface area contributed by atoms with Crippen LogP contribution in [0.25, 0.3) is 0 Å². The van der Waals surface area contributed by atoms with Gasteiger partial charge in [0.1, 0.15) is 12.0 Å². The number of rotatable bonds is 7. The molecule has 0 radical (unpaired) electrons. The van der Waals surface area contributed by atoms with Crippen molar-refractivity contribution in [3.63, 3.8) is 0 Å². The third-order valence-electron chi connectivity index (χ3n) is 3.94. The van der Waals surface area contributed by atoms with E-state index in [1.165, 1.54) is 5.56 Å². The second kappa shape index (κ2) is 7.81. The first-order chi connectivity index (χ1) is 11.1. The average molecular weight is 313 g/mol. The third kappa shape index (κ3) is 3.92. The maximum atomic E-state index is 6.40. The fraction of sp³-hybridized carbons (Fsp3) is 0.444.